The van der Waals surface area contributed by atoms with E-state index in [9.17, 15) is 4.91 Å². The van der Waals surface area contributed by atoms with Crippen molar-refractivity contribution in [3.05, 3.63) is 107 Å². The van der Waals surface area contributed by atoms with E-state index >= 15 is 0 Å². The minimum Gasteiger partial charge on any atom is -0.268 e. The summed E-state index contributed by atoms with van der Waals surface area (Å²) in [7, 11) is 0. The Morgan fingerprint density at radius 1 is 0.929 bits per heavy atom. The van der Waals surface area contributed by atoms with Crippen LogP contribution < -0.4 is 5.84 Å². The molecule has 2 aromatic carbocycles. The zero-order chi connectivity index (χ0) is 19.3. The summed E-state index contributed by atoms with van der Waals surface area (Å²) in [4.78, 5) is 20.3. The fourth-order valence-corrected chi connectivity index (χ4v) is 3.44. The largest absolute Gasteiger partial charge is 0.268 e. The minimum atomic E-state index is -0.373. The summed E-state index contributed by atoms with van der Waals surface area (Å²) in [6, 6.07) is 21.0. The van der Waals surface area contributed by atoms with E-state index in [0.717, 1.165) is 16.5 Å². The molecule has 138 valence electrons. The van der Waals surface area contributed by atoms with E-state index in [1.165, 1.54) is 0 Å². The third kappa shape index (κ3) is 3.51. The van der Waals surface area contributed by atoms with Crippen LogP contribution in [0, 0.1) is 4.91 Å². The van der Waals surface area contributed by atoms with Crippen molar-refractivity contribution in [2.45, 2.75) is 12.6 Å². The lowest BCUT2D eigenvalue weighted by molar-refractivity contribution is 0.223. The van der Waals surface area contributed by atoms with Crippen LogP contribution in [0.4, 0.5) is 5.69 Å². The highest BCUT2D eigenvalue weighted by molar-refractivity contribution is 5.90. The Balaban J connectivity index is 1.84. The summed E-state index contributed by atoms with van der Waals surface area (Å²) < 4.78 is 0. The number of hydrazine groups is 1. The molecule has 0 aliphatic heterocycles. The van der Waals surface area contributed by atoms with Gasteiger partial charge >= 0.3 is 0 Å². The molecule has 1 atom stereocenters. The lowest BCUT2D eigenvalue weighted by Gasteiger charge is -2.29. The monoisotopic (exact) mass is 369 g/mol. The van der Waals surface area contributed by atoms with E-state index < -0.39 is 0 Å². The normalized spacial score (nSPS) is 12.2. The van der Waals surface area contributed by atoms with Gasteiger partial charge in [0.05, 0.1) is 11.6 Å². The Bertz CT molecular complexity index is 1090. The van der Waals surface area contributed by atoms with Crippen molar-refractivity contribution in [3.8, 4) is 0 Å². The van der Waals surface area contributed by atoms with Gasteiger partial charge in [0.15, 0.2) is 0 Å². The van der Waals surface area contributed by atoms with Crippen molar-refractivity contribution in [3.63, 3.8) is 0 Å². The molecule has 0 aliphatic carbocycles. The van der Waals surface area contributed by atoms with Gasteiger partial charge in [0.2, 0.25) is 0 Å². The molecule has 0 fully saturated rings. The van der Waals surface area contributed by atoms with Crippen LogP contribution in [-0.2, 0) is 6.54 Å². The SMILES string of the molecule is NN(Cc1ccccc1)C(c1ccncc1)c1ccc2cccnc2c1N=O. The van der Waals surface area contributed by atoms with Gasteiger partial charge in [-0.25, -0.2) is 5.01 Å². The first-order valence-electron chi connectivity index (χ1n) is 8.94. The highest BCUT2D eigenvalue weighted by Crippen LogP contribution is 2.37. The van der Waals surface area contributed by atoms with Crippen molar-refractivity contribution in [2.24, 2.45) is 11.0 Å². The molecule has 6 heteroatoms. The van der Waals surface area contributed by atoms with Crippen LogP contribution in [0.15, 0.2) is 90.5 Å². The number of benzene rings is 2. The predicted octanol–water partition coefficient (Wildman–Crippen LogP) is 4.49. The molecule has 2 heterocycles. The Morgan fingerprint density at radius 3 is 2.46 bits per heavy atom. The Labute approximate surface area is 162 Å². The van der Waals surface area contributed by atoms with Gasteiger partial charge in [0.1, 0.15) is 5.69 Å². The molecule has 4 aromatic rings. The number of aromatic nitrogens is 2. The Morgan fingerprint density at radius 2 is 1.71 bits per heavy atom. The number of rotatable bonds is 6. The quantitative estimate of drug-likeness (QED) is 0.307. The van der Waals surface area contributed by atoms with Crippen LogP contribution in [0.3, 0.4) is 0 Å². The van der Waals surface area contributed by atoms with Crippen molar-refractivity contribution < 1.29 is 0 Å². The first-order chi connectivity index (χ1) is 13.8. The summed E-state index contributed by atoms with van der Waals surface area (Å²) in [5.74, 6) is 6.53. The molecule has 0 spiro atoms. The van der Waals surface area contributed by atoms with Crippen molar-refractivity contribution in [2.75, 3.05) is 0 Å². The topological polar surface area (TPSA) is 84.5 Å². The zero-order valence-electron chi connectivity index (χ0n) is 15.1. The number of fused-ring (bicyclic) bond motifs is 1. The number of hydrogen-bond donors (Lipinski definition) is 1. The Kier molecular flexibility index (Phi) is 5.14. The van der Waals surface area contributed by atoms with Gasteiger partial charge < -0.3 is 0 Å². The molecule has 2 aromatic heterocycles. The van der Waals surface area contributed by atoms with Crippen LogP contribution in [0.25, 0.3) is 10.9 Å². The second-order valence-electron chi connectivity index (χ2n) is 6.51. The third-order valence-corrected chi connectivity index (χ3v) is 4.73. The lowest BCUT2D eigenvalue weighted by Crippen LogP contribution is -2.35. The zero-order valence-corrected chi connectivity index (χ0v) is 15.1. The lowest BCUT2D eigenvalue weighted by atomic mass is 9.95. The van der Waals surface area contributed by atoms with Crippen molar-refractivity contribution >= 4 is 16.6 Å². The molecule has 1 unspecified atom stereocenters. The number of nitrogens with two attached hydrogens (primary N) is 1. The van der Waals surface area contributed by atoms with E-state index in [2.05, 4.69) is 15.1 Å². The molecule has 0 radical (unpaired) electrons. The van der Waals surface area contributed by atoms with Crippen LogP contribution in [0.1, 0.15) is 22.7 Å². The molecule has 0 aliphatic rings. The van der Waals surface area contributed by atoms with Crippen molar-refractivity contribution in [1.29, 1.82) is 0 Å². The fourth-order valence-electron chi connectivity index (χ4n) is 3.44. The van der Waals surface area contributed by atoms with Gasteiger partial charge in [-0.2, -0.15) is 0 Å². The van der Waals surface area contributed by atoms with Crippen molar-refractivity contribution in [1.82, 2.24) is 15.0 Å². The van der Waals surface area contributed by atoms with Crippen LogP contribution >= 0.6 is 0 Å². The summed E-state index contributed by atoms with van der Waals surface area (Å²) >= 11 is 0. The average Bonchev–Trinajstić information content (AvgIpc) is 2.75. The van der Waals surface area contributed by atoms with Crippen LogP contribution in [-0.4, -0.2) is 15.0 Å². The summed E-state index contributed by atoms with van der Waals surface area (Å²) in [6.45, 7) is 0.506. The number of hydrogen-bond acceptors (Lipinski definition) is 6. The molecular weight excluding hydrogens is 350 g/mol. The van der Waals surface area contributed by atoms with Gasteiger partial charge in [-0.1, -0.05) is 48.5 Å². The highest BCUT2D eigenvalue weighted by Gasteiger charge is 2.25. The van der Waals surface area contributed by atoms with E-state index in [1.54, 1.807) is 23.6 Å². The fraction of sp³-hybridized carbons (Fsp3) is 0.0909. The summed E-state index contributed by atoms with van der Waals surface area (Å²) in [5, 5.41) is 5.90. The van der Waals surface area contributed by atoms with E-state index in [-0.39, 0.29) is 6.04 Å². The molecule has 0 bridgehead atoms. The van der Waals surface area contributed by atoms with Gasteiger partial charge in [0.25, 0.3) is 0 Å². The van der Waals surface area contributed by atoms with Gasteiger partial charge in [-0.3, -0.25) is 15.8 Å². The first kappa shape index (κ1) is 17.9. The number of nitrogens with zero attached hydrogens (tertiary/aromatic N) is 4. The molecule has 0 saturated carbocycles. The number of nitroso groups, excluding NO2 is 1. The maximum absolute atomic E-state index is 11.8. The molecule has 0 amide bonds. The second-order valence-corrected chi connectivity index (χ2v) is 6.51. The minimum absolute atomic E-state index is 0.309. The molecule has 6 nitrogen and oxygen atoms in total. The van der Waals surface area contributed by atoms with E-state index in [0.29, 0.717) is 23.3 Å². The standard InChI is InChI=1S/C22H19N5O/c23-27(15-16-5-2-1-3-6-16)22(18-10-13-24-14-11-18)19-9-8-17-7-4-12-25-20(17)21(19)26-28/h1-14,22H,15,23H2. The highest BCUT2D eigenvalue weighted by atomic mass is 16.3. The van der Waals surface area contributed by atoms with Gasteiger partial charge in [-0.05, 0) is 34.5 Å². The van der Waals surface area contributed by atoms with Crippen LogP contribution in [0.5, 0.6) is 0 Å². The smallest absolute Gasteiger partial charge is 0.139 e. The maximum Gasteiger partial charge on any atom is 0.139 e. The molecular formula is C22H19N5O. The summed E-state index contributed by atoms with van der Waals surface area (Å²) in [5.41, 5.74) is 3.59. The summed E-state index contributed by atoms with van der Waals surface area (Å²) in [6.07, 6.45) is 5.09. The molecule has 28 heavy (non-hydrogen) atoms. The van der Waals surface area contributed by atoms with Crippen LogP contribution in [0.2, 0.25) is 0 Å². The second kappa shape index (κ2) is 8.04. The number of pyridine rings is 2. The Hall–Kier alpha value is -3.48. The average molecular weight is 369 g/mol. The van der Waals surface area contributed by atoms with Gasteiger partial charge in [-0.15, -0.1) is 4.91 Å². The molecule has 2 N–H and O–H groups in total. The third-order valence-electron chi connectivity index (χ3n) is 4.73. The molecule has 4 rings (SSSR count). The van der Waals surface area contributed by atoms with E-state index in [1.807, 2.05) is 66.7 Å². The molecule has 0 saturated heterocycles. The maximum atomic E-state index is 11.8. The predicted molar refractivity (Wildman–Crippen MR) is 109 cm³/mol. The first-order valence-corrected chi connectivity index (χ1v) is 8.94. The van der Waals surface area contributed by atoms with E-state index in [4.69, 9.17) is 5.84 Å². The van der Waals surface area contributed by atoms with Gasteiger partial charge in [0, 0.05) is 36.1 Å².